The highest BCUT2D eigenvalue weighted by atomic mass is 16.2. The molecular weight excluding hydrogens is 388 g/mol. The van der Waals surface area contributed by atoms with Gasteiger partial charge < -0.3 is 5.32 Å². The minimum Gasteiger partial charge on any atom is -0.336 e. The molecule has 0 unspecified atom stereocenters. The zero-order chi connectivity index (χ0) is 21.5. The Morgan fingerprint density at radius 1 is 0.774 bits per heavy atom. The minimum absolute atomic E-state index is 0.211. The van der Waals surface area contributed by atoms with Gasteiger partial charge in [0.2, 0.25) is 0 Å². The van der Waals surface area contributed by atoms with Crippen molar-refractivity contribution in [1.82, 2.24) is 15.1 Å². The van der Waals surface area contributed by atoms with Gasteiger partial charge >= 0.3 is 6.03 Å². The van der Waals surface area contributed by atoms with E-state index in [9.17, 15) is 9.59 Å². The molecule has 31 heavy (non-hydrogen) atoms. The molecule has 1 aromatic heterocycles. The third-order valence-corrected chi connectivity index (χ3v) is 4.77. The summed E-state index contributed by atoms with van der Waals surface area (Å²) in [6.07, 6.45) is 0. The van der Waals surface area contributed by atoms with E-state index in [1.165, 1.54) is 10.7 Å². The normalized spacial score (nSPS) is 10.5. The van der Waals surface area contributed by atoms with E-state index in [0.717, 1.165) is 16.9 Å². The van der Waals surface area contributed by atoms with Gasteiger partial charge in [0.05, 0.1) is 23.6 Å². The summed E-state index contributed by atoms with van der Waals surface area (Å²) in [7, 11) is 0. The summed E-state index contributed by atoms with van der Waals surface area (Å²) in [5.74, 6) is 0. The summed E-state index contributed by atoms with van der Waals surface area (Å²) in [5.41, 5.74) is 2.94. The molecule has 6 heteroatoms. The van der Waals surface area contributed by atoms with E-state index in [4.69, 9.17) is 0 Å². The maximum Gasteiger partial charge on any atom is 0.326 e. The van der Waals surface area contributed by atoms with Gasteiger partial charge in [-0.05, 0) is 30.3 Å². The number of urea groups is 1. The molecule has 0 saturated heterocycles. The van der Waals surface area contributed by atoms with Gasteiger partial charge in [-0.3, -0.25) is 9.69 Å². The smallest absolute Gasteiger partial charge is 0.326 e. The Labute approximate surface area is 180 Å². The Morgan fingerprint density at radius 2 is 1.32 bits per heavy atom. The van der Waals surface area contributed by atoms with E-state index in [1.54, 1.807) is 11.0 Å². The third kappa shape index (κ3) is 4.87. The van der Waals surface area contributed by atoms with Crippen molar-refractivity contribution >= 4 is 17.4 Å². The van der Waals surface area contributed by atoms with Crippen LogP contribution >= 0.6 is 0 Å². The topological polar surface area (TPSA) is 67.2 Å². The summed E-state index contributed by atoms with van der Waals surface area (Å²) in [4.78, 5) is 26.9. The lowest BCUT2D eigenvalue weighted by molar-refractivity contribution is 0.248. The Bertz CT molecular complexity index is 1150. The molecule has 0 bridgehead atoms. The van der Waals surface area contributed by atoms with Gasteiger partial charge in [0.25, 0.3) is 5.56 Å². The van der Waals surface area contributed by atoms with E-state index in [0.29, 0.717) is 5.69 Å². The van der Waals surface area contributed by atoms with Crippen LogP contribution in [0.4, 0.5) is 16.2 Å². The zero-order valence-electron chi connectivity index (χ0n) is 16.9. The highest BCUT2D eigenvalue weighted by Crippen LogP contribution is 2.24. The van der Waals surface area contributed by atoms with Crippen LogP contribution < -0.4 is 15.8 Å². The molecule has 0 aliphatic carbocycles. The molecule has 3 aromatic carbocycles. The number of rotatable bonds is 6. The number of aromatic nitrogens is 2. The van der Waals surface area contributed by atoms with Gasteiger partial charge in [0, 0.05) is 18.2 Å². The molecule has 0 atom stereocenters. The Kier molecular flexibility index (Phi) is 6.18. The number of para-hydroxylation sites is 2. The van der Waals surface area contributed by atoms with Gasteiger partial charge in [-0.25, -0.2) is 9.48 Å². The van der Waals surface area contributed by atoms with Crippen LogP contribution in [0.15, 0.2) is 108 Å². The summed E-state index contributed by atoms with van der Waals surface area (Å²) in [6.45, 7) is 0.531. The standard InChI is InChI=1S/C25H22N4O2/c30-24-17-16-23(20-10-4-1-5-11-20)27-28(24)19-18-26-25(31)29(21-12-6-2-7-13-21)22-14-8-3-9-15-22/h1-17H,18-19H2,(H,26,31). The highest BCUT2D eigenvalue weighted by Gasteiger charge is 2.17. The Hall–Kier alpha value is -4.19. The largest absolute Gasteiger partial charge is 0.336 e. The van der Waals surface area contributed by atoms with Gasteiger partial charge in [-0.1, -0.05) is 66.7 Å². The minimum atomic E-state index is -0.273. The van der Waals surface area contributed by atoms with E-state index >= 15 is 0 Å². The molecule has 0 saturated carbocycles. The molecule has 0 spiro atoms. The van der Waals surface area contributed by atoms with Crippen molar-refractivity contribution in [2.75, 3.05) is 11.4 Å². The molecule has 2 amide bonds. The van der Waals surface area contributed by atoms with Crippen molar-refractivity contribution in [1.29, 1.82) is 0 Å². The molecule has 1 heterocycles. The van der Waals surface area contributed by atoms with Crippen LogP contribution in [0, 0.1) is 0 Å². The first kappa shape index (κ1) is 20.1. The van der Waals surface area contributed by atoms with Crippen molar-refractivity contribution in [2.45, 2.75) is 6.54 Å². The molecular formula is C25H22N4O2. The average molecular weight is 410 g/mol. The van der Waals surface area contributed by atoms with Crippen LogP contribution in [0.25, 0.3) is 11.3 Å². The van der Waals surface area contributed by atoms with Crippen molar-refractivity contribution in [3.63, 3.8) is 0 Å². The SMILES string of the molecule is O=C(NCCn1nc(-c2ccccc2)ccc1=O)N(c1ccccc1)c1ccccc1. The summed E-state index contributed by atoms with van der Waals surface area (Å²) in [6, 6.07) is 31.5. The second kappa shape index (κ2) is 9.54. The molecule has 4 rings (SSSR count). The lowest BCUT2D eigenvalue weighted by atomic mass is 10.1. The number of carbonyl (C=O) groups is 1. The number of nitrogens with one attached hydrogen (secondary N) is 1. The van der Waals surface area contributed by atoms with Crippen molar-refractivity contribution < 1.29 is 4.79 Å². The molecule has 4 aromatic rings. The van der Waals surface area contributed by atoms with Crippen LogP contribution in [0.1, 0.15) is 0 Å². The predicted octanol–water partition coefficient (Wildman–Crippen LogP) is 4.46. The number of hydrogen-bond donors (Lipinski definition) is 1. The highest BCUT2D eigenvalue weighted by molar-refractivity contribution is 5.99. The van der Waals surface area contributed by atoms with Crippen molar-refractivity contribution in [3.05, 3.63) is 113 Å². The van der Waals surface area contributed by atoms with Gasteiger partial charge in [0.15, 0.2) is 0 Å². The van der Waals surface area contributed by atoms with E-state index in [-0.39, 0.29) is 24.7 Å². The lowest BCUT2D eigenvalue weighted by Gasteiger charge is -2.23. The summed E-state index contributed by atoms with van der Waals surface area (Å²) in [5, 5.41) is 7.34. The summed E-state index contributed by atoms with van der Waals surface area (Å²) < 4.78 is 1.37. The Morgan fingerprint density at radius 3 is 1.90 bits per heavy atom. The van der Waals surface area contributed by atoms with E-state index in [2.05, 4.69) is 10.4 Å². The summed E-state index contributed by atoms with van der Waals surface area (Å²) >= 11 is 0. The second-order valence-electron chi connectivity index (χ2n) is 6.88. The van der Waals surface area contributed by atoms with Crippen molar-refractivity contribution in [3.8, 4) is 11.3 Å². The van der Waals surface area contributed by atoms with Gasteiger partial charge in [-0.15, -0.1) is 0 Å². The number of benzene rings is 3. The molecule has 0 aliphatic rings. The van der Waals surface area contributed by atoms with Crippen LogP contribution in [-0.2, 0) is 6.54 Å². The number of nitrogens with zero attached hydrogens (tertiary/aromatic N) is 3. The Balaban J connectivity index is 1.48. The van der Waals surface area contributed by atoms with Crippen LogP contribution in [0.5, 0.6) is 0 Å². The van der Waals surface area contributed by atoms with E-state index < -0.39 is 0 Å². The van der Waals surface area contributed by atoms with Gasteiger partial charge in [-0.2, -0.15) is 5.10 Å². The first-order valence-electron chi connectivity index (χ1n) is 10.0. The zero-order valence-corrected chi connectivity index (χ0v) is 16.9. The number of anilines is 2. The molecule has 6 nitrogen and oxygen atoms in total. The molecule has 0 fully saturated rings. The molecule has 0 radical (unpaired) electrons. The second-order valence-corrected chi connectivity index (χ2v) is 6.88. The van der Waals surface area contributed by atoms with E-state index in [1.807, 2.05) is 91.0 Å². The molecule has 0 aliphatic heterocycles. The maximum atomic E-state index is 13.0. The maximum absolute atomic E-state index is 13.0. The monoisotopic (exact) mass is 410 g/mol. The lowest BCUT2D eigenvalue weighted by Crippen LogP contribution is -2.39. The predicted molar refractivity (Wildman–Crippen MR) is 122 cm³/mol. The van der Waals surface area contributed by atoms with Crippen LogP contribution in [0.2, 0.25) is 0 Å². The average Bonchev–Trinajstić information content (AvgIpc) is 2.82. The quantitative estimate of drug-likeness (QED) is 0.510. The number of hydrogen-bond acceptors (Lipinski definition) is 3. The first-order valence-corrected chi connectivity index (χ1v) is 10.0. The number of amides is 2. The first-order chi connectivity index (χ1) is 15.2. The van der Waals surface area contributed by atoms with Crippen molar-refractivity contribution in [2.24, 2.45) is 0 Å². The fraction of sp³-hybridized carbons (Fsp3) is 0.0800. The molecule has 154 valence electrons. The van der Waals surface area contributed by atoms with Crippen LogP contribution in [-0.4, -0.2) is 22.4 Å². The van der Waals surface area contributed by atoms with Gasteiger partial charge in [0.1, 0.15) is 0 Å². The molecule has 1 N–H and O–H groups in total. The van der Waals surface area contributed by atoms with Crippen LogP contribution in [0.3, 0.4) is 0 Å². The fourth-order valence-corrected chi connectivity index (χ4v) is 3.26. The fourth-order valence-electron chi connectivity index (χ4n) is 3.26. The third-order valence-electron chi connectivity index (χ3n) is 4.77. The number of carbonyl (C=O) groups excluding carboxylic acids is 1.